The van der Waals surface area contributed by atoms with Crippen LogP contribution in [0.5, 0.6) is 0 Å². The smallest absolute Gasteiger partial charge is 0.255 e. The van der Waals surface area contributed by atoms with Crippen molar-refractivity contribution in [3.63, 3.8) is 0 Å². The summed E-state index contributed by atoms with van der Waals surface area (Å²) in [4.78, 5) is 21.0. The van der Waals surface area contributed by atoms with Crippen molar-refractivity contribution in [2.75, 3.05) is 39.7 Å². The molecule has 1 atom stereocenters. The minimum Gasteiger partial charge on any atom is -0.491 e. The Labute approximate surface area is 171 Å². The van der Waals surface area contributed by atoms with Crippen LogP contribution in [0.25, 0.3) is 0 Å². The largest absolute Gasteiger partial charge is 0.491 e. The van der Waals surface area contributed by atoms with Gasteiger partial charge in [-0.3, -0.25) is 4.79 Å². The van der Waals surface area contributed by atoms with Crippen LogP contribution in [0.1, 0.15) is 36.7 Å². The molecule has 0 aliphatic carbocycles. The monoisotopic (exact) mass is 404 g/mol. The van der Waals surface area contributed by atoms with Crippen LogP contribution >= 0.6 is 0 Å². The summed E-state index contributed by atoms with van der Waals surface area (Å²) in [5.74, 6) is 1.72. The van der Waals surface area contributed by atoms with Gasteiger partial charge in [-0.05, 0) is 38.5 Å². The van der Waals surface area contributed by atoms with E-state index in [-0.39, 0.29) is 18.6 Å². The third kappa shape index (κ3) is 4.16. The van der Waals surface area contributed by atoms with Crippen LogP contribution < -0.4 is 5.32 Å². The third-order valence-electron chi connectivity index (χ3n) is 5.18. The molecule has 1 N–H and O–H groups in total. The molecule has 0 saturated carbocycles. The van der Waals surface area contributed by atoms with Crippen molar-refractivity contribution in [3.8, 4) is 0 Å². The zero-order valence-corrected chi connectivity index (χ0v) is 17.9. The SMILES string of the molecule is CNc1nccc2c1CN(C(C)C1=CC(OC)=C(OCC(C)(C)F)N(C)C1)C2=O. The lowest BCUT2D eigenvalue weighted by atomic mass is 10.0. The van der Waals surface area contributed by atoms with Crippen molar-refractivity contribution < 1.29 is 18.7 Å². The van der Waals surface area contributed by atoms with Crippen LogP contribution in [0.3, 0.4) is 0 Å². The van der Waals surface area contributed by atoms with Gasteiger partial charge in [-0.1, -0.05) is 0 Å². The molecule has 0 spiro atoms. The Hall–Kier alpha value is -2.77. The van der Waals surface area contributed by atoms with Crippen molar-refractivity contribution in [1.82, 2.24) is 14.8 Å². The van der Waals surface area contributed by atoms with E-state index < -0.39 is 5.67 Å². The molecule has 1 aromatic heterocycles. The minimum absolute atomic E-state index is 0.0147. The molecule has 0 bridgehead atoms. The van der Waals surface area contributed by atoms with E-state index >= 15 is 0 Å². The first-order chi connectivity index (χ1) is 13.7. The molecule has 0 radical (unpaired) electrons. The average molecular weight is 404 g/mol. The number of allylic oxidation sites excluding steroid dienone is 1. The van der Waals surface area contributed by atoms with Gasteiger partial charge >= 0.3 is 0 Å². The highest BCUT2D eigenvalue weighted by atomic mass is 19.1. The van der Waals surface area contributed by atoms with Crippen molar-refractivity contribution in [2.45, 2.75) is 39.0 Å². The van der Waals surface area contributed by atoms with Crippen LogP contribution in [0.2, 0.25) is 0 Å². The second-order valence-electron chi connectivity index (χ2n) is 8.00. The molecule has 8 heteroatoms. The maximum Gasteiger partial charge on any atom is 0.255 e. The Kier molecular flexibility index (Phi) is 5.73. The Bertz CT molecular complexity index is 860. The molecular formula is C21H29FN4O3. The number of methoxy groups -OCH3 is 1. The highest BCUT2D eigenvalue weighted by molar-refractivity contribution is 6.00. The van der Waals surface area contributed by atoms with Crippen molar-refractivity contribution in [3.05, 3.63) is 46.7 Å². The lowest BCUT2D eigenvalue weighted by Crippen LogP contribution is -2.40. The molecule has 158 valence electrons. The van der Waals surface area contributed by atoms with Gasteiger partial charge in [0, 0.05) is 38.0 Å². The zero-order chi connectivity index (χ0) is 21.3. The molecule has 1 unspecified atom stereocenters. The Morgan fingerprint density at radius 2 is 2.10 bits per heavy atom. The summed E-state index contributed by atoms with van der Waals surface area (Å²) in [6, 6.07) is 1.61. The number of nitrogens with zero attached hydrogens (tertiary/aromatic N) is 3. The Morgan fingerprint density at radius 1 is 1.38 bits per heavy atom. The van der Waals surface area contributed by atoms with Crippen LogP contribution in [0.15, 0.2) is 35.6 Å². The molecule has 7 nitrogen and oxygen atoms in total. The second kappa shape index (κ2) is 7.93. The van der Waals surface area contributed by atoms with Gasteiger partial charge in [0.15, 0.2) is 5.76 Å². The maximum absolute atomic E-state index is 13.9. The standard InChI is InChI=1S/C21H29FN4O3/c1-13(26-11-16-15(19(26)27)7-8-24-18(16)23-4)14-9-17(28-6)20(25(5)10-14)29-12-21(2,3)22/h7-9,13H,10-12H2,1-6H3,(H,23,24). The molecular weight excluding hydrogens is 375 g/mol. The van der Waals surface area contributed by atoms with Crippen LogP contribution in [-0.2, 0) is 16.0 Å². The maximum atomic E-state index is 13.9. The van der Waals surface area contributed by atoms with Crippen molar-refractivity contribution in [2.24, 2.45) is 0 Å². The number of fused-ring (bicyclic) bond motifs is 1. The zero-order valence-electron chi connectivity index (χ0n) is 17.9. The fourth-order valence-corrected chi connectivity index (χ4v) is 3.61. The van der Waals surface area contributed by atoms with E-state index in [4.69, 9.17) is 9.47 Å². The summed E-state index contributed by atoms with van der Waals surface area (Å²) in [5.41, 5.74) is 1.15. The van der Waals surface area contributed by atoms with Gasteiger partial charge in [0.05, 0.1) is 19.7 Å². The van der Waals surface area contributed by atoms with E-state index in [1.165, 1.54) is 13.8 Å². The van der Waals surface area contributed by atoms with Crippen LogP contribution in [0, 0.1) is 0 Å². The summed E-state index contributed by atoms with van der Waals surface area (Å²) in [6.45, 7) is 5.91. The van der Waals surface area contributed by atoms with Crippen LogP contribution in [-0.4, -0.2) is 66.8 Å². The molecule has 3 heterocycles. The molecule has 1 amide bonds. The normalized spacial score (nSPS) is 17.9. The molecule has 0 aromatic carbocycles. The van der Waals surface area contributed by atoms with E-state index in [0.29, 0.717) is 30.3 Å². The number of aromatic nitrogens is 1. The molecule has 1 aromatic rings. The van der Waals surface area contributed by atoms with Crippen LogP contribution in [0.4, 0.5) is 10.2 Å². The van der Waals surface area contributed by atoms with Gasteiger partial charge in [0.25, 0.3) is 5.91 Å². The van der Waals surface area contributed by atoms with Gasteiger partial charge < -0.3 is 24.6 Å². The predicted molar refractivity (Wildman–Crippen MR) is 109 cm³/mol. The first-order valence-electron chi connectivity index (χ1n) is 9.64. The van der Waals surface area contributed by atoms with Gasteiger partial charge in [-0.15, -0.1) is 0 Å². The van der Waals surface area contributed by atoms with Gasteiger partial charge in [0.1, 0.15) is 18.1 Å². The number of nitrogens with one attached hydrogen (secondary N) is 1. The number of hydrogen-bond acceptors (Lipinski definition) is 6. The number of pyridine rings is 1. The number of anilines is 1. The Balaban J connectivity index is 1.85. The topological polar surface area (TPSA) is 66.9 Å². The van der Waals surface area contributed by atoms with E-state index in [2.05, 4.69) is 10.3 Å². The summed E-state index contributed by atoms with van der Waals surface area (Å²) in [5, 5.41) is 3.05. The molecule has 3 rings (SSSR count). The summed E-state index contributed by atoms with van der Waals surface area (Å²) < 4.78 is 25.1. The van der Waals surface area contributed by atoms with E-state index in [1.54, 1.807) is 26.4 Å². The summed E-state index contributed by atoms with van der Waals surface area (Å²) in [7, 11) is 5.22. The number of hydrogen-bond donors (Lipinski definition) is 1. The number of carbonyl (C=O) groups is 1. The number of ether oxygens (including phenoxy) is 2. The number of carbonyl (C=O) groups excluding carboxylic acids is 1. The lowest BCUT2D eigenvalue weighted by molar-refractivity contribution is 0.0316. The average Bonchev–Trinajstić information content (AvgIpc) is 3.01. The van der Waals surface area contributed by atoms with E-state index in [0.717, 1.165) is 17.0 Å². The highest BCUT2D eigenvalue weighted by Gasteiger charge is 2.36. The highest BCUT2D eigenvalue weighted by Crippen LogP contribution is 2.33. The number of halogens is 1. The first-order valence-corrected chi connectivity index (χ1v) is 9.64. The van der Waals surface area contributed by atoms with Gasteiger partial charge in [0.2, 0.25) is 5.88 Å². The lowest BCUT2D eigenvalue weighted by Gasteiger charge is -2.34. The third-order valence-corrected chi connectivity index (χ3v) is 5.18. The molecule has 2 aliphatic heterocycles. The number of amides is 1. The first kappa shape index (κ1) is 21.0. The van der Waals surface area contributed by atoms with E-state index in [1.807, 2.05) is 29.8 Å². The molecule has 29 heavy (non-hydrogen) atoms. The summed E-state index contributed by atoms with van der Waals surface area (Å²) in [6.07, 6.45) is 3.53. The number of rotatable bonds is 7. The molecule has 0 fully saturated rings. The minimum atomic E-state index is -1.45. The number of likely N-dealkylation sites (N-methyl/N-ethyl adjacent to an activating group) is 1. The quantitative estimate of drug-likeness (QED) is 0.754. The second-order valence-corrected chi connectivity index (χ2v) is 8.00. The predicted octanol–water partition coefficient (Wildman–Crippen LogP) is 2.92. The fourth-order valence-electron chi connectivity index (χ4n) is 3.61. The summed E-state index contributed by atoms with van der Waals surface area (Å²) >= 11 is 0. The van der Waals surface area contributed by atoms with Gasteiger partial charge in [-0.2, -0.15) is 0 Å². The molecule has 0 saturated heterocycles. The van der Waals surface area contributed by atoms with Gasteiger partial charge in [-0.25, -0.2) is 9.37 Å². The fraction of sp³-hybridized carbons (Fsp3) is 0.524. The van der Waals surface area contributed by atoms with Crippen molar-refractivity contribution >= 4 is 11.7 Å². The Morgan fingerprint density at radius 3 is 2.72 bits per heavy atom. The van der Waals surface area contributed by atoms with Crippen molar-refractivity contribution in [1.29, 1.82) is 0 Å². The number of alkyl halides is 1. The molecule has 2 aliphatic rings. The van der Waals surface area contributed by atoms with E-state index in [9.17, 15) is 9.18 Å².